The van der Waals surface area contributed by atoms with Crippen molar-refractivity contribution in [1.82, 2.24) is 15.6 Å². The maximum atomic E-state index is 12.7. The molecule has 1 aromatic heterocycles. The zero-order valence-corrected chi connectivity index (χ0v) is 17.9. The van der Waals surface area contributed by atoms with Gasteiger partial charge in [0.15, 0.2) is 0 Å². The second-order valence-corrected chi connectivity index (χ2v) is 8.42. The van der Waals surface area contributed by atoms with Crippen LogP contribution < -0.4 is 16.0 Å². The van der Waals surface area contributed by atoms with E-state index < -0.39 is 29.2 Å². The molecule has 1 saturated heterocycles. The number of thiazole rings is 1. The smallest absolute Gasteiger partial charge is 0.326 e. The highest BCUT2D eigenvalue weighted by molar-refractivity contribution is 7.13. The average Bonchev–Trinajstić information content (AvgIpc) is 3.31. The Hall–Kier alpha value is -3.73. The molecule has 3 aromatic rings. The lowest BCUT2D eigenvalue weighted by molar-refractivity contribution is -0.137. The standard InChI is InChI=1S/C22H17F3N4O3S/c1-21(19(31)28-20(32)29-21)14-3-2-4-15(9-14)26-17(30)10-16-11-33-18(27-16)12-5-7-13(8-6-12)22(23,24)25/h2-9,11H,10H2,1H3,(H,26,30)(H2,28,29,31,32). The summed E-state index contributed by atoms with van der Waals surface area (Å²) in [4.78, 5) is 40.5. The molecule has 11 heteroatoms. The second kappa shape index (κ2) is 8.32. The van der Waals surface area contributed by atoms with Crippen LogP contribution in [0.1, 0.15) is 23.7 Å². The van der Waals surface area contributed by atoms with Crippen LogP contribution in [0.3, 0.4) is 0 Å². The van der Waals surface area contributed by atoms with Crippen molar-refractivity contribution >= 4 is 34.9 Å². The third kappa shape index (κ3) is 4.72. The number of urea groups is 1. The lowest BCUT2D eigenvalue weighted by Gasteiger charge is -2.21. The third-order valence-electron chi connectivity index (χ3n) is 5.12. The normalized spacial score (nSPS) is 18.1. The molecule has 0 saturated carbocycles. The Balaban J connectivity index is 1.43. The van der Waals surface area contributed by atoms with Gasteiger partial charge in [-0.05, 0) is 36.8 Å². The van der Waals surface area contributed by atoms with Crippen molar-refractivity contribution in [2.75, 3.05) is 5.32 Å². The van der Waals surface area contributed by atoms with E-state index in [0.29, 0.717) is 27.5 Å². The predicted octanol–water partition coefficient (Wildman–Crippen LogP) is 4.06. The van der Waals surface area contributed by atoms with Crippen LogP contribution >= 0.6 is 11.3 Å². The molecule has 33 heavy (non-hydrogen) atoms. The van der Waals surface area contributed by atoms with Crippen molar-refractivity contribution in [2.45, 2.75) is 25.1 Å². The summed E-state index contributed by atoms with van der Waals surface area (Å²) in [6.07, 6.45) is -4.46. The Morgan fingerprint density at radius 1 is 1.15 bits per heavy atom. The number of hydrogen-bond donors (Lipinski definition) is 3. The molecule has 1 unspecified atom stereocenters. The van der Waals surface area contributed by atoms with Crippen LogP contribution in [0.25, 0.3) is 10.6 Å². The molecule has 1 fully saturated rings. The van der Waals surface area contributed by atoms with E-state index in [9.17, 15) is 27.6 Å². The van der Waals surface area contributed by atoms with E-state index >= 15 is 0 Å². The zero-order chi connectivity index (χ0) is 23.8. The van der Waals surface area contributed by atoms with Gasteiger partial charge in [0.1, 0.15) is 10.5 Å². The Kier molecular flexibility index (Phi) is 5.66. The fourth-order valence-corrected chi connectivity index (χ4v) is 4.17. The first-order valence-electron chi connectivity index (χ1n) is 9.70. The number of carbonyl (C=O) groups is 3. The van der Waals surface area contributed by atoms with E-state index in [1.807, 2.05) is 0 Å². The van der Waals surface area contributed by atoms with Crippen molar-refractivity contribution in [3.05, 3.63) is 70.7 Å². The minimum atomic E-state index is -4.41. The quantitative estimate of drug-likeness (QED) is 0.486. The fraction of sp³-hybridized carbons (Fsp3) is 0.182. The number of aromatic nitrogens is 1. The maximum absolute atomic E-state index is 12.7. The Labute approximate surface area is 190 Å². The van der Waals surface area contributed by atoms with Crippen molar-refractivity contribution in [3.8, 4) is 10.6 Å². The number of halogens is 3. The van der Waals surface area contributed by atoms with Gasteiger partial charge in [0.25, 0.3) is 5.91 Å². The number of amides is 4. The minimum absolute atomic E-state index is 0.0458. The molecule has 1 aliphatic heterocycles. The van der Waals surface area contributed by atoms with Gasteiger partial charge in [0, 0.05) is 16.6 Å². The SMILES string of the molecule is CC1(c2cccc(NC(=O)Cc3csc(-c4ccc(C(F)(F)F)cc4)n3)c2)NC(=O)NC1=O. The van der Waals surface area contributed by atoms with E-state index in [0.717, 1.165) is 12.1 Å². The van der Waals surface area contributed by atoms with Crippen LogP contribution in [0.15, 0.2) is 53.9 Å². The fourth-order valence-electron chi connectivity index (χ4n) is 3.35. The van der Waals surface area contributed by atoms with Crippen LogP contribution in [0.2, 0.25) is 0 Å². The number of anilines is 1. The largest absolute Gasteiger partial charge is 0.416 e. The first kappa shape index (κ1) is 22.5. The van der Waals surface area contributed by atoms with E-state index in [1.165, 1.54) is 23.5 Å². The highest BCUT2D eigenvalue weighted by Crippen LogP contribution is 2.32. The molecule has 2 heterocycles. The Morgan fingerprint density at radius 3 is 2.52 bits per heavy atom. The first-order chi connectivity index (χ1) is 15.5. The van der Waals surface area contributed by atoms with Crippen molar-refractivity contribution < 1.29 is 27.6 Å². The highest BCUT2D eigenvalue weighted by Gasteiger charge is 2.43. The Bertz CT molecular complexity index is 1240. The number of carbonyl (C=O) groups excluding carboxylic acids is 3. The average molecular weight is 474 g/mol. The number of hydrogen-bond acceptors (Lipinski definition) is 5. The van der Waals surface area contributed by atoms with Crippen LogP contribution in [-0.4, -0.2) is 22.8 Å². The monoisotopic (exact) mass is 474 g/mol. The number of nitrogens with one attached hydrogen (secondary N) is 3. The summed E-state index contributed by atoms with van der Waals surface area (Å²) in [7, 11) is 0. The highest BCUT2D eigenvalue weighted by atomic mass is 32.1. The Morgan fingerprint density at radius 2 is 1.88 bits per heavy atom. The van der Waals surface area contributed by atoms with Gasteiger partial charge in [0.2, 0.25) is 5.91 Å². The first-order valence-corrected chi connectivity index (χ1v) is 10.6. The van der Waals surface area contributed by atoms with Gasteiger partial charge in [-0.2, -0.15) is 13.2 Å². The van der Waals surface area contributed by atoms with Gasteiger partial charge in [-0.25, -0.2) is 9.78 Å². The molecule has 0 bridgehead atoms. The topological polar surface area (TPSA) is 100 Å². The molecule has 0 radical (unpaired) electrons. The van der Waals surface area contributed by atoms with E-state index in [-0.39, 0.29) is 12.3 Å². The maximum Gasteiger partial charge on any atom is 0.416 e. The third-order valence-corrected chi connectivity index (χ3v) is 6.06. The summed E-state index contributed by atoms with van der Waals surface area (Å²) >= 11 is 1.23. The van der Waals surface area contributed by atoms with Crippen molar-refractivity contribution in [2.24, 2.45) is 0 Å². The number of benzene rings is 2. The van der Waals surface area contributed by atoms with Gasteiger partial charge in [0.05, 0.1) is 17.7 Å². The van der Waals surface area contributed by atoms with Gasteiger partial charge in [-0.1, -0.05) is 24.3 Å². The lowest BCUT2D eigenvalue weighted by atomic mass is 9.92. The summed E-state index contributed by atoms with van der Waals surface area (Å²) in [6.45, 7) is 1.56. The van der Waals surface area contributed by atoms with Crippen LogP contribution in [0.4, 0.5) is 23.7 Å². The number of imide groups is 1. The van der Waals surface area contributed by atoms with Crippen LogP contribution in [0.5, 0.6) is 0 Å². The molecule has 0 spiro atoms. The molecule has 2 aromatic carbocycles. The van der Waals surface area contributed by atoms with E-state index in [1.54, 1.807) is 36.6 Å². The lowest BCUT2D eigenvalue weighted by Crippen LogP contribution is -2.40. The van der Waals surface area contributed by atoms with E-state index in [2.05, 4.69) is 20.9 Å². The molecule has 4 rings (SSSR count). The summed E-state index contributed by atoms with van der Waals surface area (Å²) in [5, 5.41) is 9.65. The van der Waals surface area contributed by atoms with Crippen molar-refractivity contribution in [3.63, 3.8) is 0 Å². The van der Waals surface area contributed by atoms with Gasteiger partial charge < -0.3 is 10.6 Å². The van der Waals surface area contributed by atoms with Gasteiger partial charge in [-0.3, -0.25) is 14.9 Å². The summed E-state index contributed by atoms with van der Waals surface area (Å²) < 4.78 is 38.2. The van der Waals surface area contributed by atoms with E-state index in [4.69, 9.17) is 0 Å². The number of nitrogens with zero attached hydrogens (tertiary/aromatic N) is 1. The number of alkyl halides is 3. The summed E-state index contributed by atoms with van der Waals surface area (Å²) in [5.41, 5.74) is -0.0557. The summed E-state index contributed by atoms with van der Waals surface area (Å²) in [5.74, 6) is -0.851. The predicted molar refractivity (Wildman–Crippen MR) is 115 cm³/mol. The molecular formula is C22H17F3N4O3S. The summed E-state index contributed by atoms with van der Waals surface area (Å²) in [6, 6.07) is 10.6. The van der Waals surface area contributed by atoms with Crippen molar-refractivity contribution in [1.29, 1.82) is 0 Å². The van der Waals surface area contributed by atoms with Crippen LogP contribution in [-0.2, 0) is 27.7 Å². The van der Waals surface area contributed by atoms with Gasteiger partial charge in [-0.15, -0.1) is 11.3 Å². The molecular weight excluding hydrogens is 457 g/mol. The van der Waals surface area contributed by atoms with Crippen LogP contribution in [0, 0.1) is 0 Å². The molecule has 7 nitrogen and oxygen atoms in total. The zero-order valence-electron chi connectivity index (χ0n) is 17.1. The molecule has 0 aliphatic carbocycles. The number of rotatable bonds is 5. The second-order valence-electron chi connectivity index (χ2n) is 7.56. The molecule has 1 aliphatic rings. The van der Waals surface area contributed by atoms with Gasteiger partial charge >= 0.3 is 12.2 Å². The molecule has 1 atom stereocenters. The molecule has 4 amide bonds. The molecule has 170 valence electrons. The minimum Gasteiger partial charge on any atom is -0.326 e. The molecule has 3 N–H and O–H groups in total.